The molecule has 1 amide bonds. The van der Waals surface area contributed by atoms with E-state index in [-0.39, 0.29) is 24.5 Å². The molecule has 7 heteroatoms. The highest BCUT2D eigenvalue weighted by molar-refractivity contribution is 5.92. The Morgan fingerprint density at radius 3 is 2.62 bits per heavy atom. The van der Waals surface area contributed by atoms with Gasteiger partial charge >= 0.3 is 5.69 Å². The third kappa shape index (κ3) is 3.59. The minimum atomic E-state index is -0.570. The van der Waals surface area contributed by atoms with E-state index < -0.39 is 11.2 Å². The van der Waals surface area contributed by atoms with Crippen molar-refractivity contribution < 1.29 is 9.90 Å². The van der Waals surface area contributed by atoms with Crippen molar-refractivity contribution in [1.82, 2.24) is 9.97 Å². The van der Waals surface area contributed by atoms with Gasteiger partial charge in [0.05, 0.1) is 5.69 Å². The number of hydrogen-bond donors (Lipinski definition) is 4. The van der Waals surface area contributed by atoms with Gasteiger partial charge in [-0.15, -0.1) is 0 Å². The summed E-state index contributed by atoms with van der Waals surface area (Å²) < 4.78 is 0. The quantitative estimate of drug-likeness (QED) is 0.618. The van der Waals surface area contributed by atoms with Crippen LogP contribution >= 0.6 is 0 Å². The number of H-pyrrole nitrogens is 2. The minimum absolute atomic E-state index is 0.0241. The number of amides is 1. The molecule has 1 aromatic heterocycles. The Balaban J connectivity index is 2.04. The predicted octanol–water partition coefficient (Wildman–Crippen LogP) is 0.649. The lowest BCUT2D eigenvalue weighted by Crippen LogP contribution is -2.27. The maximum absolute atomic E-state index is 11.8. The van der Waals surface area contributed by atoms with Crippen molar-refractivity contribution in [3.8, 4) is 5.75 Å². The van der Waals surface area contributed by atoms with E-state index in [1.54, 1.807) is 25.1 Å². The highest BCUT2D eigenvalue weighted by Gasteiger charge is 2.10. The molecule has 0 saturated carbocycles. The number of carbonyl (C=O) groups excluding carboxylic acids is 1. The lowest BCUT2D eigenvalue weighted by molar-refractivity contribution is -0.116. The summed E-state index contributed by atoms with van der Waals surface area (Å²) in [4.78, 5) is 39.1. The van der Waals surface area contributed by atoms with E-state index >= 15 is 0 Å². The van der Waals surface area contributed by atoms with Crippen molar-refractivity contribution in [2.24, 2.45) is 0 Å². The second-order valence-electron chi connectivity index (χ2n) is 4.58. The van der Waals surface area contributed by atoms with Crippen LogP contribution in [0.5, 0.6) is 5.75 Å². The number of nitrogens with one attached hydrogen (secondary N) is 3. The number of aryl methyl sites for hydroxylation is 1. The van der Waals surface area contributed by atoms with Crippen molar-refractivity contribution in [3.05, 3.63) is 56.4 Å². The van der Waals surface area contributed by atoms with Gasteiger partial charge in [-0.1, -0.05) is 12.1 Å². The largest absolute Gasteiger partial charge is 0.506 e. The number of hydrogen-bond acceptors (Lipinski definition) is 4. The SMILES string of the molecule is Cc1[nH]c(=O)[nH]c(=O)c1CCC(=O)Nc1ccccc1O. The number of aromatic hydroxyl groups is 1. The van der Waals surface area contributed by atoms with E-state index in [0.717, 1.165) is 0 Å². The number of anilines is 1. The van der Waals surface area contributed by atoms with Crippen LogP contribution in [-0.4, -0.2) is 21.0 Å². The first-order valence-corrected chi connectivity index (χ1v) is 6.37. The Bertz CT molecular complexity index is 776. The van der Waals surface area contributed by atoms with Gasteiger partial charge in [0.2, 0.25) is 5.91 Å². The molecule has 0 spiro atoms. The van der Waals surface area contributed by atoms with Gasteiger partial charge in [-0.3, -0.25) is 14.6 Å². The van der Waals surface area contributed by atoms with E-state index in [1.807, 2.05) is 0 Å². The molecule has 0 bridgehead atoms. The highest BCUT2D eigenvalue weighted by Crippen LogP contribution is 2.21. The average Bonchev–Trinajstić information content (AvgIpc) is 2.40. The molecule has 4 N–H and O–H groups in total. The fourth-order valence-corrected chi connectivity index (χ4v) is 1.96. The Kier molecular flexibility index (Phi) is 4.22. The molecule has 0 fully saturated rings. The van der Waals surface area contributed by atoms with Crippen LogP contribution in [0.4, 0.5) is 5.69 Å². The molecular weight excluding hydrogens is 274 g/mol. The first-order valence-electron chi connectivity index (χ1n) is 6.37. The molecule has 110 valence electrons. The number of carbonyl (C=O) groups is 1. The topological polar surface area (TPSA) is 115 Å². The molecule has 0 aliphatic carbocycles. The number of rotatable bonds is 4. The van der Waals surface area contributed by atoms with Crippen molar-refractivity contribution in [2.45, 2.75) is 19.8 Å². The molecule has 7 nitrogen and oxygen atoms in total. The Morgan fingerprint density at radius 2 is 1.95 bits per heavy atom. The van der Waals surface area contributed by atoms with Crippen LogP contribution in [0, 0.1) is 6.92 Å². The Hall–Kier alpha value is -2.83. The highest BCUT2D eigenvalue weighted by atomic mass is 16.3. The summed E-state index contributed by atoms with van der Waals surface area (Å²) >= 11 is 0. The molecule has 0 radical (unpaired) electrons. The molecule has 0 aliphatic heterocycles. The summed E-state index contributed by atoms with van der Waals surface area (Å²) in [5.74, 6) is -0.356. The van der Waals surface area contributed by atoms with Crippen LogP contribution < -0.4 is 16.6 Å². The van der Waals surface area contributed by atoms with Gasteiger partial charge in [-0.05, 0) is 25.5 Å². The normalized spacial score (nSPS) is 10.3. The fraction of sp³-hybridized carbons (Fsp3) is 0.214. The van der Waals surface area contributed by atoms with Crippen LogP contribution in [0.3, 0.4) is 0 Å². The number of phenolic OH excluding ortho intramolecular Hbond substituents is 1. The van der Waals surface area contributed by atoms with Gasteiger partial charge in [0.1, 0.15) is 5.75 Å². The second-order valence-corrected chi connectivity index (χ2v) is 4.58. The molecule has 1 aromatic carbocycles. The smallest absolute Gasteiger partial charge is 0.325 e. The molecule has 21 heavy (non-hydrogen) atoms. The lowest BCUT2D eigenvalue weighted by Gasteiger charge is -2.07. The second kappa shape index (κ2) is 6.08. The molecule has 2 rings (SSSR count). The number of benzene rings is 1. The van der Waals surface area contributed by atoms with Gasteiger partial charge in [-0.2, -0.15) is 0 Å². The van der Waals surface area contributed by atoms with Gasteiger partial charge < -0.3 is 15.4 Å². The zero-order valence-corrected chi connectivity index (χ0v) is 11.4. The Labute approximate surface area is 119 Å². The third-order valence-corrected chi connectivity index (χ3v) is 3.04. The van der Waals surface area contributed by atoms with Crippen molar-refractivity contribution in [1.29, 1.82) is 0 Å². The number of aromatic amines is 2. The summed E-state index contributed by atoms with van der Waals surface area (Å²) in [6.45, 7) is 1.60. The Morgan fingerprint density at radius 1 is 1.24 bits per heavy atom. The summed E-state index contributed by atoms with van der Waals surface area (Å²) in [6.07, 6.45) is 0.252. The molecule has 0 atom stereocenters. The molecule has 0 unspecified atom stereocenters. The van der Waals surface area contributed by atoms with E-state index in [1.165, 1.54) is 6.07 Å². The van der Waals surface area contributed by atoms with Crippen molar-refractivity contribution >= 4 is 11.6 Å². The summed E-state index contributed by atoms with van der Waals surface area (Å²) in [5, 5.41) is 12.1. The standard InChI is InChI=1S/C14H15N3O4/c1-8-9(13(20)17-14(21)15-8)6-7-12(19)16-10-4-2-3-5-11(10)18/h2-5,18H,6-7H2,1H3,(H,16,19)(H2,15,17,20,21). The maximum Gasteiger partial charge on any atom is 0.325 e. The minimum Gasteiger partial charge on any atom is -0.506 e. The maximum atomic E-state index is 11.8. The number of para-hydroxylation sites is 2. The predicted molar refractivity (Wildman–Crippen MR) is 77.5 cm³/mol. The van der Waals surface area contributed by atoms with Crippen molar-refractivity contribution in [2.75, 3.05) is 5.32 Å². The van der Waals surface area contributed by atoms with Crippen LogP contribution in [-0.2, 0) is 11.2 Å². The first-order chi connectivity index (χ1) is 9.97. The van der Waals surface area contributed by atoms with E-state index in [0.29, 0.717) is 16.9 Å². The van der Waals surface area contributed by atoms with Gasteiger partial charge in [-0.25, -0.2) is 4.79 Å². The molecule has 0 aliphatic rings. The van der Waals surface area contributed by atoms with Crippen LogP contribution in [0.1, 0.15) is 17.7 Å². The van der Waals surface area contributed by atoms with Crippen LogP contribution in [0.25, 0.3) is 0 Å². The molecule has 0 saturated heterocycles. The fourth-order valence-electron chi connectivity index (χ4n) is 1.96. The monoisotopic (exact) mass is 289 g/mol. The van der Waals surface area contributed by atoms with Gasteiger partial charge in [0.15, 0.2) is 0 Å². The summed E-state index contributed by atoms with van der Waals surface area (Å²) in [5.41, 5.74) is 0.0576. The average molecular weight is 289 g/mol. The third-order valence-electron chi connectivity index (χ3n) is 3.04. The van der Waals surface area contributed by atoms with E-state index in [2.05, 4.69) is 15.3 Å². The molecule has 2 aromatic rings. The van der Waals surface area contributed by atoms with Crippen molar-refractivity contribution in [3.63, 3.8) is 0 Å². The zero-order chi connectivity index (χ0) is 15.4. The first kappa shape index (κ1) is 14.6. The van der Waals surface area contributed by atoms with E-state index in [9.17, 15) is 19.5 Å². The van der Waals surface area contributed by atoms with E-state index in [4.69, 9.17) is 0 Å². The summed E-state index contributed by atoms with van der Waals surface area (Å²) in [7, 11) is 0. The number of aromatic nitrogens is 2. The summed E-state index contributed by atoms with van der Waals surface area (Å²) in [6, 6.07) is 6.37. The zero-order valence-electron chi connectivity index (χ0n) is 11.4. The van der Waals surface area contributed by atoms with Crippen LogP contribution in [0.2, 0.25) is 0 Å². The number of phenols is 1. The van der Waals surface area contributed by atoms with Gasteiger partial charge in [0.25, 0.3) is 5.56 Å². The lowest BCUT2D eigenvalue weighted by atomic mass is 10.1. The van der Waals surface area contributed by atoms with Gasteiger partial charge in [0, 0.05) is 17.7 Å². The molecule has 1 heterocycles. The molecular formula is C14H15N3O4. The van der Waals surface area contributed by atoms with Crippen LogP contribution in [0.15, 0.2) is 33.9 Å².